The number of hydrogen-bond donors (Lipinski definition) is 2. The zero-order chi connectivity index (χ0) is 14.4. The third-order valence-electron chi connectivity index (χ3n) is 2.69. The average Bonchev–Trinajstić information content (AvgIpc) is 2.50. The molecule has 0 aliphatic rings. The summed E-state index contributed by atoms with van der Waals surface area (Å²) in [5, 5.41) is 5.52. The lowest BCUT2D eigenvalue weighted by molar-refractivity contribution is -0.115. The zero-order valence-electron chi connectivity index (χ0n) is 11.1. The summed E-state index contributed by atoms with van der Waals surface area (Å²) in [7, 11) is 0. The minimum absolute atomic E-state index is 0.0430. The molecule has 0 aliphatic heterocycles. The molecule has 0 fully saturated rings. The number of nitrogens with zero attached hydrogens (tertiary/aromatic N) is 1. The van der Waals surface area contributed by atoms with E-state index in [2.05, 4.69) is 15.6 Å². The fraction of sp³-hybridized carbons (Fsp3) is 0.133. The molecule has 0 radical (unpaired) electrons. The van der Waals surface area contributed by atoms with Crippen LogP contribution in [0.4, 0.5) is 11.4 Å². The van der Waals surface area contributed by atoms with Crippen molar-refractivity contribution in [1.29, 1.82) is 0 Å². The van der Waals surface area contributed by atoms with Crippen molar-refractivity contribution in [2.45, 2.75) is 13.3 Å². The number of carbonyl (C=O) groups excluding carboxylic acids is 2. The lowest BCUT2D eigenvalue weighted by Crippen LogP contribution is -2.12. The molecular weight excluding hydrogens is 254 g/mol. The Bertz CT molecular complexity index is 594. The van der Waals surface area contributed by atoms with Crippen molar-refractivity contribution in [2.24, 2.45) is 0 Å². The summed E-state index contributed by atoms with van der Waals surface area (Å²) in [5.74, 6) is -0.240. The van der Waals surface area contributed by atoms with Gasteiger partial charge in [0.2, 0.25) is 5.91 Å². The number of carbonyl (C=O) groups is 2. The highest BCUT2D eigenvalue weighted by molar-refractivity contribution is 6.04. The fourth-order valence-electron chi connectivity index (χ4n) is 1.59. The van der Waals surface area contributed by atoms with E-state index >= 15 is 0 Å². The van der Waals surface area contributed by atoms with Gasteiger partial charge in [0, 0.05) is 35.8 Å². The molecule has 1 aromatic heterocycles. The predicted octanol–water partition coefficient (Wildman–Crippen LogP) is 2.68. The molecule has 1 aromatic carbocycles. The molecule has 2 N–H and O–H groups in total. The number of aromatic nitrogens is 1. The Morgan fingerprint density at radius 2 is 1.50 bits per heavy atom. The number of benzene rings is 1. The van der Waals surface area contributed by atoms with Gasteiger partial charge in [-0.25, -0.2) is 0 Å². The number of pyridine rings is 1. The van der Waals surface area contributed by atoms with E-state index in [4.69, 9.17) is 0 Å². The first-order chi connectivity index (χ1) is 9.69. The normalized spacial score (nSPS) is 9.85. The quantitative estimate of drug-likeness (QED) is 0.896. The van der Waals surface area contributed by atoms with Crippen molar-refractivity contribution in [2.75, 3.05) is 10.6 Å². The largest absolute Gasteiger partial charge is 0.326 e. The maximum absolute atomic E-state index is 11.9. The Morgan fingerprint density at radius 1 is 0.950 bits per heavy atom. The summed E-state index contributed by atoms with van der Waals surface area (Å²) in [4.78, 5) is 27.0. The highest BCUT2D eigenvalue weighted by Crippen LogP contribution is 2.14. The van der Waals surface area contributed by atoms with E-state index in [1.54, 1.807) is 55.7 Å². The van der Waals surface area contributed by atoms with E-state index in [-0.39, 0.29) is 11.8 Å². The smallest absolute Gasteiger partial charge is 0.255 e. The van der Waals surface area contributed by atoms with E-state index in [9.17, 15) is 9.59 Å². The Labute approximate surface area is 117 Å². The second kappa shape index (κ2) is 6.47. The number of nitrogens with one attached hydrogen (secondary N) is 2. The molecule has 0 saturated heterocycles. The Morgan fingerprint density at radius 3 is 2.05 bits per heavy atom. The molecule has 2 aromatic rings. The van der Waals surface area contributed by atoms with Crippen LogP contribution in [-0.4, -0.2) is 16.8 Å². The summed E-state index contributed by atoms with van der Waals surface area (Å²) in [6.45, 7) is 1.79. The van der Waals surface area contributed by atoms with Gasteiger partial charge < -0.3 is 10.6 Å². The van der Waals surface area contributed by atoms with E-state index in [1.165, 1.54) is 0 Å². The Balaban J connectivity index is 2.00. The highest BCUT2D eigenvalue weighted by Gasteiger charge is 2.05. The molecule has 102 valence electrons. The van der Waals surface area contributed by atoms with Gasteiger partial charge in [0.25, 0.3) is 5.91 Å². The molecule has 0 bridgehead atoms. The molecule has 0 saturated carbocycles. The van der Waals surface area contributed by atoms with Crippen molar-refractivity contribution in [3.8, 4) is 0 Å². The molecule has 20 heavy (non-hydrogen) atoms. The van der Waals surface area contributed by atoms with E-state index in [0.29, 0.717) is 23.4 Å². The SMILES string of the molecule is CCC(=O)Nc1ccc(NC(=O)c2ccncc2)cc1. The van der Waals surface area contributed by atoms with Gasteiger partial charge in [-0.15, -0.1) is 0 Å². The maximum atomic E-state index is 11.9. The third-order valence-corrected chi connectivity index (χ3v) is 2.69. The molecular formula is C15H15N3O2. The molecule has 1 heterocycles. The molecule has 5 nitrogen and oxygen atoms in total. The van der Waals surface area contributed by atoms with Crippen molar-refractivity contribution in [3.63, 3.8) is 0 Å². The number of anilines is 2. The molecule has 0 spiro atoms. The van der Waals surface area contributed by atoms with Gasteiger partial charge in [-0.3, -0.25) is 14.6 Å². The Hall–Kier alpha value is -2.69. The van der Waals surface area contributed by atoms with E-state index < -0.39 is 0 Å². The van der Waals surface area contributed by atoms with Crippen LogP contribution in [0.25, 0.3) is 0 Å². The minimum atomic E-state index is -0.197. The van der Waals surface area contributed by atoms with Crippen molar-refractivity contribution >= 4 is 23.2 Å². The molecule has 0 unspecified atom stereocenters. The first-order valence-corrected chi connectivity index (χ1v) is 6.30. The number of hydrogen-bond acceptors (Lipinski definition) is 3. The van der Waals surface area contributed by atoms with Gasteiger partial charge in [0.15, 0.2) is 0 Å². The molecule has 2 amide bonds. The van der Waals surface area contributed by atoms with Crippen LogP contribution in [-0.2, 0) is 4.79 Å². The predicted molar refractivity (Wildman–Crippen MR) is 77.6 cm³/mol. The van der Waals surface area contributed by atoms with E-state index in [0.717, 1.165) is 0 Å². The summed E-state index contributed by atoms with van der Waals surface area (Å²) >= 11 is 0. The lowest BCUT2D eigenvalue weighted by atomic mass is 10.2. The van der Waals surface area contributed by atoms with Gasteiger partial charge in [0.1, 0.15) is 0 Å². The molecule has 5 heteroatoms. The topological polar surface area (TPSA) is 71.1 Å². The van der Waals surface area contributed by atoms with Gasteiger partial charge in [-0.05, 0) is 36.4 Å². The van der Waals surface area contributed by atoms with Gasteiger partial charge in [-0.2, -0.15) is 0 Å². The second-order valence-electron chi connectivity index (χ2n) is 4.17. The van der Waals surface area contributed by atoms with Crippen molar-refractivity contribution < 1.29 is 9.59 Å². The second-order valence-corrected chi connectivity index (χ2v) is 4.17. The van der Waals surface area contributed by atoms with Crippen molar-refractivity contribution in [3.05, 3.63) is 54.4 Å². The Kier molecular flexibility index (Phi) is 4.44. The first kappa shape index (κ1) is 13.7. The van der Waals surface area contributed by atoms with Gasteiger partial charge in [0.05, 0.1) is 0 Å². The third kappa shape index (κ3) is 3.65. The number of amides is 2. The van der Waals surface area contributed by atoms with Gasteiger partial charge in [-0.1, -0.05) is 6.92 Å². The monoisotopic (exact) mass is 269 g/mol. The summed E-state index contributed by atoms with van der Waals surface area (Å²) in [6, 6.07) is 10.3. The van der Waals surface area contributed by atoms with E-state index in [1.807, 2.05) is 0 Å². The van der Waals surface area contributed by atoms with Crippen LogP contribution in [0.1, 0.15) is 23.7 Å². The highest BCUT2D eigenvalue weighted by atomic mass is 16.2. The van der Waals surface area contributed by atoms with Gasteiger partial charge >= 0.3 is 0 Å². The minimum Gasteiger partial charge on any atom is -0.326 e. The van der Waals surface area contributed by atoms with Crippen LogP contribution < -0.4 is 10.6 Å². The maximum Gasteiger partial charge on any atom is 0.255 e. The van der Waals surface area contributed by atoms with Crippen LogP contribution >= 0.6 is 0 Å². The standard InChI is InChI=1S/C15H15N3O2/c1-2-14(19)17-12-3-5-13(6-4-12)18-15(20)11-7-9-16-10-8-11/h3-10H,2H2,1H3,(H,17,19)(H,18,20). The molecule has 0 atom stereocenters. The summed E-state index contributed by atoms with van der Waals surface area (Å²) < 4.78 is 0. The summed E-state index contributed by atoms with van der Waals surface area (Å²) in [6.07, 6.45) is 3.57. The lowest BCUT2D eigenvalue weighted by Gasteiger charge is -2.07. The van der Waals surface area contributed by atoms with Crippen LogP contribution in [0.3, 0.4) is 0 Å². The first-order valence-electron chi connectivity index (χ1n) is 6.30. The van der Waals surface area contributed by atoms with Crippen LogP contribution in [0.2, 0.25) is 0 Å². The summed E-state index contributed by atoms with van der Waals surface area (Å²) in [5.41, 5.74) is 1.92. The van der Waals surface area contributed by atoms with Crippen LogP contribution in [0, 0.1) is 0 Å². The average molecular weight is 269 g/mol. The zero-order valence-corrected chi connectivity index (χ0v) is 11.1. The fourth-order valence-corrected chi connectivity index (χ4v) is 1.59. The number of rotatable bonds is 4. The molecule has 0 aliphatic carbocycles. The van der Waals surface area contributed by atoms with Crippen molar-refractivity contribution in [1.82, 2.24) is 4.98 Å². The van der Waals surface area contributed by atoms with Crippen LogP contribution in [0.15, 0.2) is 48.8 Å². The van der Waals surface area contributed by atoms with Crippen LogP contribution in [0.5, 0.6) is 0 Å². The molecule has 2 rings (SSSR count).